The second-order valence-electron chi connectivity index (χ2n) is 6.72. The van der Waals surface area contributed by atoms with Crippen molar-refractivity contribution >= 4 is 11.8 Å². The minimum atomic E-state index is -4.89. The molecule has 0 aliphatic carbocycles. The van der Waals surface area contributed by atoms with Crippen molar-refractivity contribution in [2.24, 2.45) is 0 Å². The van der Waals surface area contributed by atoms with E-state index < -0.39 is 18.0 Å². The molecule has 3 rings (SSSR count). The molecule has 7 heteroatoms. The normalized spacial score (nSPS) is 15.4. The monoisotopic (exact) mass is 390 g/mol. The van der Waals surface area contributed by atoms with Crippen molar-refractivity contribution in [2.45, 2.75) is 18.5 Å². The number of carbonyl (C=O) groups is 2. The number of alkyl halides is 3. The number of hydrogen-bond donors (Lipinski definition) is 0. The maximum absolute atomic E-state index is 13.3. The molecule has 0 saturated carbocycles. The summed E-state index contributed by atoms with van der Waals surface area (Å²) in [5.74, 6) is -2.55. The van der Waals surface area contributed by atoms with E-state index in [0.717, 1.165) is 16.0 Å². The number of carbonyl (C=O) groups excluding carboxylic acids is 2. The Morgan fingerprint density at radius 1 is 0.750 bits per heavy atom. The molecule has 2 amide bonds. The zero-order valence-electron chi connectivity index (χ0n) is 15.2. The fourth-order valence-corrected chi connectivity index (χ4v) is 3.47. The highest BCUT2D eigenvalue weighted by Gasteiger charge is 2.43. The Balaban J connectivity index is 1.81. The Kier molecular flexibility index (Phi) is 6.02. The summed E-state index contributed by atoms with van der Waals surface area (Å²) in [6.07, 6.45) is -4.58. The van der Waals surface area contributed by atoms with Crippen LogP contribution >= 0.6 is 0 Å². The van der Waals surface area contributed by atoms with E-state index in [-0.39, 0.29) is 25.5 Å². The average molecular weight is 390 g/mol. The molecule has 1 saturated heterocycles. The second kappa shape index (κ2) is 8.46. The van der Waals surface area contributed by atoms with E-state index in [1.165, 1.54) is 0 Å². The molecule has 0 radical (unpaired) electrons. The topological polar surface area (TPSA) is 40.6 Å². The van der Waals surface area contributed by atoms with Gasteiger partial charge in [0.15, 0.2) is 0 Å². The molecular formula is C21H21F3N2O2. The standard InChI is InChI=1S/C21H21F3N2O2/c22-21(23,24)20(28)26-13-7-12-25(14-15-26)19(27)18(16-8-3-1-4-9-16)17-10-5-2-6-11-17/h1-6,8-11,18H,7,12-15H2. The van der Waals surface area contributed by atoms with Crippen LogP contribution in [-0.4, -0.2) is 54.0 Å². The number of halogens is 3. The van der Waals surface area contributed by atoms with Crippen molar-refractivity contribution in [1.82, 2.24) is 9.80 Å². The molecular weight excluding hydrogens is 369 g/mol. The lowest BCUT2D eigenvalue weighted by molar-refractivity contribution is -0.185. The lowest BCUT2D eigenvalue weighted by Gasteiger charge is -2.27. The molecule has 4 nitrogen and oxygen atoms in total. The molecule has 0 unspecified atom stereocenters. The van der Waals surface area contributed by atoms with Gasteiger partial charge in [0.2, 0.25) is 5.91 Å². The van der Waals surface area contributed by atoms with Crippen LogP contribution < -0.4 is 0 Å². The second-order valence-corrected chi connectivity index (χ2v) is 6.72. The van der Waals surface area contributed by atoms with Crippen molar-refractivity contribution in [3.8, 4) is 0 Å². The minimum absolute atomic E-state index is 0.0105. The van der Waals surface area contributed by atoms with Gasteiger partial charge in [-0.25, -0.2) is 0 Å². The van der Waals surface area contributed by atoms with Gasteiger partial charge in [-0.15, -0.1) is 0 Å². The fourth-order valence-electron chi connectivity index (χ4n) is 3.47. The van der Waals surface area contributed by atoms with E-state index in [1.807, 2.05) is 60.7 Å². The van der Waals surface area contributed by atoms with E-state index >= 15 is 0 Å². The smallest absolute Gasteiger partial charge is 0.340 e. The Bertz CT molecular complexity index is 770. The fraction of sp³-hybridized carbons (Fsp3) is 0.333. The van der Waals surface area contributed by atoms with Gasteiger partial charge in [0.25, 0.3) is 0 Å². The molecule has 1 aliphatic heterocycles. The van der Waals surface area contributed by atoms with E-state index in [2.05, 4.69) is 0 Å². The summed E-state index contributed by atoms with van der Waals surface area (Å²) in [4.78, 5) is 27.2. The zero-order chi connectivity index (χ0) is 20.1. The summed E-state index contributed by atoms with van der Waals surface area (Å²) in [6, 6.07) is 18.6. The largest absolute Gasteiger partial charge is 0.471 e. The molecule has 28 heavy (non-hydrogen) atoms. The Morgan fingerprint density at radius 3 is 1.71 bits per heavy atom. The molecule has 0 bridgehead atoms. The first-order valence-electron chi connectivity index (χ1n) is 9.12. The first kappa shape index (κ1) is 19.9. The van der Waals surface area contributed by atoms with Gasteiger partial charge in [0, 0.05) is 26.2 Å². The van der Waals surface area contributed by atoms with Crippen molar-refractivity contribution in [1.29, 1.82) is 0 Å². The summed E-state index contributed by atoms with van der Waals surface area (Å²) >= 11 is 0. The first-order valence-corrected chi connectivity index (χ1v) is 9.12. The molecule has 0 aromatic heterocycles. The Morgan fingerprint density at radius 2 is 1.21 bits per heavy atom. The minimum Gasteiger partial charge on any atom is -0.340 e. The summed E-state index contributed by atoms with van der Waals surface area (Å²) in [7, 11) is 0. The number of hydrogen-bond acceptors (Lipinski definition) is 2. The highest BCUT2D eigenvalue weighted by molar-refractivity contribution is 5.87. The quantitative estimate of drug-likeness (QED) is 0.806. The molecule has 0 N–H and O–H groups in total. The highest BCUT2D eigenvalue weighted by Crippen LogP contribution is 2.28. The summed E-state index contributed by atoms with van der Waals surface area (Å²) in [5.41, 5.74) is 1.65. The average Bonchev–Trinajstić information content (AvgIpc) is 2.94. The molecule has 148 valence electrons. The van der Waals surface area contributed by atoms with Crippen LogP contribution in [0.4, 0.5) is 13.2 Å². The summed E-state index contributed by atoms with van der Waals surface area (Å²) < 4.78 is 38.2. The number of amides is 2. The summed E-state index contributed by atoms with van der Waals surface area (Å²) in [6.45, 7) is 0.261. The Hall–Kier alpha value is -2.83. The van der Waals surface area contributed by atoms with Crippen LogP contribution in [-0.2, 0) is 9.59 Å². The third-order valence-corrected chi connectivity index (χ3v) is 4.85. The van der Waals surface area contributed by atoms with E-state index in [4.69, 9.17) is 0 Å². The number of rotatable bonds is 3. The van der Waals surface area contributed by atoms with Gasteiger partial charge in [0.05, 0.1) is 5.92 Å². The molecule has 1 aliphatic rings. The third-order valence-electron chi connectivity index (χ3n) is 4.85. The lowest BCUT2D eigenvalue weighted by Crippen LogP contribution is -2.44. The zero-order valence-corrected chi connectivity index (χ0v) is 15.2. The van der Waals surface area contributed by atoms with Crippen LogP contribution in [0.3, 0.4) is 0 Å². The molecule has 2 aromatic rings. The SMILES string of the molecule is O=C(C(c1ccccc1)c1ccccc1)N1CCCN(C(=O)C(F)(F)F)CC1. The van der Waals surface area contributed by atoms with Gasteiger partial charge in [-0.2, -0.15) is 13.2 Å². The van der Waals surface area contributed by atoms with E-state index in [1.54, 1.807) is 4.90 Å². The van der Waals surface area contributed by atoms with Crippen molar-refractivity contribution in [3.05, 3.63) is 71.8 Å². The van der Waals surface area contributed by atoms with Crippen molar-refractivity contribution in [3.63, 3.8) is 0 Å². The predicted molar refractivity (Wildman–Crippen MR) is 98.6 cm³/mol. The van der Waals surface area contributed by atoms with E-state index in [9.17, 15) is 22.8 Å². The first-order chi connectivity index (χ1) is 13.4. The number of benzene rings is 2. The van der Waals surface area contributed by atoms with Crippen LogP contribution in [0.1, 0.15) is 23.5 Å². The van der Waals surface area contributed by atoms with Gasteiger partial charge in [-0.05, 0) is 17.5 Å². The van der Waals surface area contributed by atoms with Crippen molar-refractivity contribution in [2.75, 3.05) is 26.2 Å². The van der Waals surface area contributed by atoms with Crippen LogP contribution in [0, 0.1) is 0 Å². The number of nitrogens with zero attached hydrogens (tertiary/aromatic N) is 2. The van der Waals surface area contributed by atoms with Crippen LogP contribution in [0.15, 0.2) is 60.7 Å². The van der Waals surface area contributed by atoms with Gasteiger partial charge >= 0.3 is 12.1 Å². The van der Waals surface area contributed by atoms with Crippen LogP contribution in [0.2, 0.25) is 0 Å². The molecule has 2 aromatic carbocycles. The molecule has 1 heterocycles. The van der Waals surface area contributed by atoms with Crippen LogP contribution in [0.5, 0.6) is 0 Å². The molecule has 1 fully saturated rings. The predicted octanol–water partition coefficient (Wildman–Crippen LogP) is 3.44. The van der Waals surface area contributed by atoms with Crippen LogP contribution in [0.25, 0.3) is 0 Å². The maximum Gasteiger partial charge on any atom is 0.471 e. The third kappa shape index (κ3) is 4.52. The molecule has 0 atom stereocenters. The maximum atomic E-state index is 13.3. The van der Waals surface area contributed by atoms with Gasteiger partial charge in [-0.1, -0.05) is 60.7 Å². The lowest BCUT2D eigenvalue weighted by atomic mass is 9.90. The molecule has 0 spiro atoms. The highest BCUT2D eigenvalue weighted by atomic mass is 19.4. The summed E-state index contributed by atoms with van der Waals surface area (Å²) in [5, 5.41) is 0. The Labute approximate surface area is 161 Å². The van der Waals surface area contributed by atoms with Crippen molar-refractivity contribution < 1.29 is 22.8 Å². The van der Waals surface area contributed by atoms with Gasteiger partial charge in [-0.3, -0.25) is 9.59 Å². The van der Waals surface area contributed by atoms with Gasteiger partial charge < -0.3 is 9.80 Å². The van der Waals surface area contributed by atoms with E-state index in [0.29, 0.717) is 13.0 Å². The van der Waals surface area contributed by atoms with Gasteiger partial charge in [0.1, 0.15) is 0 Å².